The third kappa shape index (κ3) is 3.46. The van der Waals surface area contributed by atoms with E-state index in [1.807, 2.05) is 0 Å². The molecule has 0 fully saturated rings. The summed E-state index contributed by atoms with van der Waals surface area (Å²) in [6.45, 7) is 13.9. The Bertz CT molecular complexity index is 1290. The second-order valence-corrected chi connectivity index (χ2v) is 10.8. The lowest BCUT2D eigenvalue weighted by atomic mass is 9.82. The van der Waals surface area contributed by atoms with Gasteiger partial charge in [0.2, 0.25) is 0 Å². The highest BCUT2D eigenvalue weighted by atomic mass is 14.9. The summed E-state index contributed by atoms with van der Waals surface area (Å²) in [6, 6.07) is 24.9. The highest BCUT2D eigenvalue weighted by molar-refractivity contribution is 5.85. The number of hydrogen-bond donors (Lipinski definition) is 1. The van der Waals surface area contributed by atoms with Gasteiger partial charge in [0.1, 0.15) is 0 Å². The molecule has 0 spiro atoms. The van der Waals surface area contributed by atoms with Crippen LogP contribution in [-0.2, 0) is 10.8 Å². The van der Waals surface area contributed by atoms with E-state index < -0.39 is 0 Å². The van der Waals surface area contributed by atoms with E-state index in [1.54, 1.807) is 0 Å². The minimum Gasteiger partial charge on any atom is -0.382 e. The maximum Gasteiger partial charge on any atom is 0.0345 e. The first-order valence-electron chi connectivity index (χ1n) is 12.2. The molecule has 0 aromatic heterocycles. The zero-order chi connectivity index (χ0) is 23.4. The van der Waals surface area contributed by atoms with Gasteiger partial charge in [0.15, 0.2) is 0 Å². The van der Waals surface area contributed by atoms with E-state index in [4.69, 9.17) is 0 Å². The lowest BCUT2D eigenvalue weighted by Crippen LogP contribution is -2.17. The largest absolute Gasteiger partial charge is 0.382 e. The van der Waals surface area contributed by atoms with Gasteiger partial charge >= 0.3 is 0 Å². The fraction of sp³-hybridized carbons (Fsp3) is 0.312. The van der Waals surface area contributed by atoms with Crippen LogP contribution in [0, 0.1) is 0 Å². The number of rotatable bonds is 5. The summed E-state index contributed by atoms with van der Waals surface area (Å²) in [5.74, 6) is 0. The summed E-state index contributed by atoms with van der Waals surface area (Å²) in [7, 11) is 0. The van der Waals surface area contributed by atoms with Gasteiger partial charge in [-0.15, -0.1) is 0 Å². The van der Waals surface area contributed by atoms with Crippen LogP contribution in [0.25, 0.3) is 16.7 Å². The van der Waals surface area contributed by atoms with Crippen LogP contribution in [-0.4, -0.2) is 6.04 Å². The summed E-state index contributed by atoms with van der Waals surface area (Å²) < 4.78 is 0. The van der Waals surface area contributed by atoms with E-state index in [0.717, 1.165) is 6.42 Å². The van der Waals surface area contributed by atoms with E-state index in [0.29, 0.717) is 6.04 Å². The summed E-state index contributed by atoms with van der Waals surface area (Å²) in [6.07, 6.45) is 5.66. The fourth-order valence-corrected chi connectivity index (χ4v) is 5.75. The highest BCUT2D eigenvalue weighted by Crippen LogP contribution is 2.49. The van der Waals surface area contributed by atoms with Crippen molar-refractivity contribution in [2.75, 3.05) is 5.32 Å². The summed E-state index contributed by atoms with van der Waals surface area (Å²) in [4.78, 5) is 0. The van der Waals surface area contributed by atoms with Crippen molar-refractivity contribution in [3.8, 4) is 11.1 Å². The average Bonchev–Trinajstić information content (AvgIpc) is 3.14. The second-order valence-electron chi connectivity index (χ2n) is 10.8. The molecular weight excluding hydrogens is 398 g/mol. The number of fused-ring (bicyclic) bond motifs is 4. The molecule has 2 aliphatic carbocycles. The lowest BCUT2D eigenvalue weighted by Gasteiger charge is -2.22. The summed E-state index contributed by atoms with van der Waals surface area (Å²) in [5.41, 5.74) is 12.6. The van der Waals surface area contributed by atoms with Crippen LogP contribution < -0.4 is 5.32 Å². The van der Waals surface area contributed by atoms with Crippen LogP contribution in [0.1, 0.15) is 70.2 Å². The van der Waals surface area contributed by atoms with Gasteiger partial charge in [0.25, 0.3) is 0 Å². The maximum absolute atomic E-state index is 3.74. The topological polar surface area (TPSA) is 12.0 Å². The minimum atomic E-state index is 0.0411. The van der Waals surface area contributed by atoms with Gasteiger partial charge in [-0.2, -0.15) is 0 Å². The van der Waals surface area contributed by atoms with Gasteiger partial charge in [-0.25, -0.2) is 0 Å². The Kier molecular flexibility index (Phi) is 5.12. The molecule has 3 aromatic rings. The first-order valence-corrected chi connectivity index (χ1v) is 12.2. The van der Waals surface area contributed by atoms with Crippen LogP contribution in [0.3, 0.4) is 0 Å². The number of benzene rings is 3. The normalized spacial score (nSPS) is 18.2. The molecule has 1 nitrogen and oxygen atoms in total. The Morgan fingerprint density at radius 3 is 2.09 bits per heavy atom. The molecule has 1 N–H and O–H groups in total. The average molecular weight is 434 g/mol. The number of hydrogen-bond acceptors (Lipinski definition) is 1. The van der Waals surface area contributed by atoms with Crippen LogP contribution >= 0.6 is 0 Å². The highest BCUT2D eigenvalue weighted by Gasteiger charge is 2.35. The van der Waals surface area contributed by atoms with E-state index >= 15 is 0 Å². The number of anilines is 1. The van der Waals surface area contributed by atoms with Crippen molar-refractivity contribution in [1.82, 2.24) is 0 Å². The van der Waals surface area contributed by atoms with Gasteiger partial charge < -0.3 is 5.32 Å². The predicted molar refractivity (Wildman–Crippen MR) is 143 cm³/mol. The zero-order valence-corrected chi connectivity index (χ0v) is 20.8. The Balaban J connectivity index is 1.31. The van der Waals surface area contributed by atoms with Crippen molar-refractivity contribution in [2.45, 2.75) is 64.8 Å². The van der Waals surface area contributed by atoms with Crippen molar-refractivity contribution in [3.63, 3.8) is 0 Å². The molecule has 0 radical (unpaired) electrons. The Labute approximate surface area is 199 Å². The van der Waals surface area contributed by atoms with Crippen molar-refractivity contribution in [3.05, 3.63) is 107 Å². The quantitative estimate of drug-likeness (QED) is 0.425. The second kappa shape index (κ2) is 7.76. The molecule has 0 amide bonds. The van der Waals surface area contributed by atoms with Crippen molar-refractivity contribution in [2.24, 2.45) is 0 Å². The molecule has 33 heavy (non-hydrogen) atoms. The molecule has 0 aliphatic heterocycles. The molecule has 3 aromatic carbocycles. The first-order chi connectivity index (χ1) is 15.7. The molecule has 5 rings (SSSR count). The molecule has 1 unspecified atom stereocenters. The standard InChI is InChI=1S/C32H35N/c1-21(12-11-15-24-22(2)31(3,4)28-16-9-7-13-25(24)28)33-23-18-19-27-26-14-8-10-17-29(26)32(5,6)30(27)20-23/h7-11,13-21,33H,12H2,1-6H3/b15-11-. The smallest absolute Gasteiger partial charge is 0.0345 e. The van der Waals surface area contributed by atoms with Gasteiger partial charge in [0.05, 0.1) is 0 Å². The van der Waals surface area contributed by atoms with Crippen LogP contribution in [0.5, 0.6) is 0 Å². The SMILES string of the molecule is CC1=C(/C=C\CC(C)Nc2ccc3c(c2)C(C)(C)c2ccccc2-3)c2ccccc2C1(C)C. The molecule has 1 heteroatoms. The fourth-order valence-electron chi connectivity index (χ4n) is 5.75. The zero-order valence-electron chi connectivity index (χ0n) is 20.8. The number of nitrogens with one attached hydrogen (secondary N) is 1. The molecule has 0 saturated carbocycles. The van der Waals surface area contributed by atoms with Crippen LogP contribution in [0.2, 0.25) is 0 Å². The third-order valence-corrected chi connectivity index (χ3v) is 8.00. The van der Waals surface area contributed by atoms with Gasteiger partial charge in [-0.05, 0) is 71.4 Å². The van der Waals surface area contributed by atoms with Crippen LogP contribution in [0.15, 0.2) is 84.5 Å². The van der Waals surface area contributed by atoms with Gasteiger partial charge in [-0.3, -0.25) is 0 Å². The van der Waals surface area contributed by atoms with E-state index in [9.17, 15) is 0 Å². The molecule has 168 valence electrons. The summed E-state index contributed by atoms with van der Waals surface area (Å²) in [5, 5.41) is 3.74. The van der Waals surface area contributed by atoms with Crippen molar-refractivity contribution in [1.29, 1.82) is 0 Å². The van der Waals surface area contributed by atoms with Crippen LogP contribution in [0.4, 0.5) is 5.69 Å². The lowest BCUT2D eigenvalue weighted by molar-refractivity contribution is 0.639. The van der Waals surface area contributed by atoms with E-state index in [2.05, 4.69) is 126 Å². The van der Waals surface area contributed by atoms with Gasteiger partial charge in [-0.1, -0.05) is 100 Å². The number of allylic oxidation sites excluding steroid dienone is 3. The third-order valence-electron chi connectivity index (χ3n) is 8.00. The monoisotopic (exact) mass is 433 g/mol. The first kappa shape index (κ1) is 21.8. The summed E-state index contributed by atoms with van der Waals surface area (Å²) >= 11 is 0. The minimum absolute atomic E-state index is 0.0411. The van der Waals surface area contributed by atoms with E-state index in [-0.39, 0.29) is 10.8 Å². The van der Waals surface area contributed by atoms with E-state index in [1.165, 1.54) is 50.2 Å². The Morgan fingerprint density at radius 2 is 1.36 bits per heavy atom. The molecule has 0 saturated heterocycles. The molecule has 1 atom stereocenters. The van der Waals surface area contributed by atoms with Crippen molar-refractivity contribution < 1.29 is 0 Å². The molecule has 0 heterocycles. The Hall–Kier alpha value is -3.06. The predicted octanol–water partition coefficient (Wildman–Crippen LogP) is 8.50. The molecule has 0 bridgehead atoms. The Morgan fingerprint density at radius 1 is 0.758 bits per heavy atom. The van der Waals surface area contributed by atoms with Crippen molar-refractivity contribution >= 4 is 11.3 Å². The maximum atomic E-state index is 3.74. The molecular formula is C32H35N. The van der Waals surface area contributed by atoms with Gasteiger partial charge in [0, 0.05) is 22.6 Å². The molecule has 2 aliphatic rings.